The molecule has 3 aromatic rings. The molecule has 9 heteroatoms. The Bertz CT molecular complexity index is 1260. The number of methoxy groups -OCH3 is 5. The molecule has 2 aromatic carbocycles. The molecule has 9 nitrogen and oxygen atoms in total. The summed E-state index contributed by atoms with van der Waals surface area (Å²) in [5.41, 5.74) is 0.687. The topological polar surface area (TPSA) is 106 Å². The van der Waals surface area contributed by atoms with E-state index in [4.69, 9.17) is 32.8 Å². The average Bonchev–Trinajstić information content (AvgIpc) is 2.85. The van der Waals surface area contributed by atoms with Gasteiger partial charge < -0.3 is 37.9 Å². The van der Waals surface area contributed by atoms with Crippen molar-refractivity contribution < 1.29 is 37.9 Å². The van der Waals surface area contributed by atoms with Gasteiger partial charge in [-0.25, -0.2) is 0 Å². The lowest BCUT2D eigenvalue weighted by molar-refractivity contribution is 0.133. The number of fused-ring (bicyclic) bond motifs is 1. The zero-order valence-corrected chi connectivity index (χ0v) is 20.0. The molecule has 0 aliphatic rings. The van der Waals surface area contributed by atoms with E-state index in [2.05, 4.69) is 6.58 Å². The average molecular weight is 472 g/mol. The van der Waals surface area contributed by atoms with Crippen molar-refractivity contribution in [1.29, 1.82) is 0 Å². The molecule has 0 saturated heterocycles. The van der Waals surface area contributed by atoms with Crippen LogP contribution in [0.2, 0.25) is 0 Å². The largest absolute Gasteiger partial charge is 0.496 e. The van der Waals surface area contributed by atoms with Gasteiger partial charge in [-0.2, -0.15) is 0 Å². The fraction of sp³-hybridized carbons (Fsp3) is 0.320. The van der Waals surface area contributed by atoms with Crippen molar-refractivity contribution in [3.05, 3.63) is 46.6 Å². The van der Waals surface area contributed by atoms with Crippen molar-refractivity contribution in [2.75, 3.05) is 42.2 Å². The van der Waals surface area contributed by atoms with Gasteiger partial charge in [0.05, 0.1) is 35.5 Å². The van der Waals surface area contributed by atoms with Crippen LogP contribution in [0, 0.1) is 0 Å². The Kier molecular flexibility index (Phi) is 7.57. The van der Waals surface area contributed by atoms with E-state index in [9.17, 15) is 9.90 Å². The normalized spacial score (nSPS) is 11.6. The molecule has 1 atom stereocenters. The van der Waals surface area contributed by atoms with Crippen LogP contribution in [0.1, 0.15) is 6.92 Å². The van der Waals surface area contributed by atoms with Crippen molar-refractivity contribution >= 4 is 11.0 Å². The highest BCUT2D eigenvalue weighted by Crippen LogP contribution is 2.44. The van der Waals surface area contributed by atoms with E-state index >= 15 is 0 Å². The molecule has 0 aliphatic heterocycles. The Morgan fingerprint density at radius 2 is 1.56 bits per heavy atom. The molecule has 34 heavy (non-hydrogen) atoms. The van der Waals surface area contributed by atoms with E-state index in [0.29, 0.717) is 22.6 Å². The van der Waals surface area contributed by atoms with E-state index in [0.717, 1.165) is 0 Å². The molecule has 0 saturated carbocycles. The van der Waals surface area contributed by atoms with Crippen molar-refractivity contribution in [2.45, 2.75) is 13.0 Å². The van der Waals surface area contributed by atoms with Crippen LogP contribution >= 0.6 is 0 Å². The third kappa shape index (κ3) is 4.47. The first-order valence-corrected chi connectivity index (χ1v) is 10.3. The van der Waals surface area contributed by atoms with Gasteiger partial charge in [0.1, 0.15) is 23.8 Å². The molecule has 0 amide bonds. The Morgan fingerprint density at radius 3 is 2.12 bits per heavy atom. The van der Waals surface area contributed by atoms with Gasteiger partial charge in [0.15, 0.2) is 28.6 Å². The van der Waals surface area contributed by atoms with E-state index in [1.807, 2.05) is 0 Å². The Balaban J connectivity index is 2.32. The second-order valence-electron chi connectivity index (χ2n) is 7.35. The summed E-state index contributed by atoms with van der Waals surface area (Å²) in [6, 6.07) is 6.56. The summed E-state index contributed by atoms with van der Waals surface area (Å²) in [5.74, 6) is 1.66. The zero-order chi connectivity index (χ0) is 25.0. The minimum absolute atomic E-state index is 0.0218. The third-order valence-electron chi connectivity index (χ3n) is 5.25. The molecule has 0 spiro atoms. The maximum Gasteiger partial charge on any atom is 0.239 e. The monoisotopic (exact) mass is 472 g/mol. The quantitative estimate of drug-likeness (QED) is 0.441. The standard InChI is InChI=1S/C25H28O9/c1-13(2)15(26)12-33-19-11-18(30-5)20-21(27)25(32-7)22(34-24(20)23(19)31-6)14-8-9-16(28-3)17(10-14)29-4/h8-11,15,26H,1,12H2,2-7H3/t15-/m0/s1. The van der Waals surface area contributed by atoms with Crippen LogP contribution < -0.4 is 33.8 Å². The lowest BCUT2D eigenvalue weighted by Gasteiger charge is -2.18. The van der Waals surface area contributed by atoms with Gasteiger partial charge in [0.2, 0.25) is 16.9 Å². The highest BCUT2D eigenvalue weighted by atomic mass is 16.5. The molecular weight excluding hydrogens is 444 g/mol. The van der Waals surface area contributed by atoms with Crippen LogP contribution in [0.25, 0.3) is 22.3 Å². The first-order chi connectivity index (χ1) is 16.3. The zero-order valence-electron chi connectivity index (χ0n) is 20.0. The van der Waals surface area contributed by atoms with E-state index in [1.165, 1.54) is 41.6 Å². The van der Waals surface area contributed by atoms with Crippen molar-refractivity contribution in [3.63, 3.8) is 0 Å². The molecule has 182 valence electrons. The molecule has 1 heterocycles. The fourth-order valence-electron chi connectivity index (χ4n) is 3.40. The van der Waals surface area contributed by atoms with Crippen molar-refractivity contribution in [3.8, 4) is 45.8 Å². The molecule has 1 N–H and O–H groups in total. The molecular formula is C25H28O9. The minimum atomic E-state index is -0.892. The van der Waals surface area contributed by atoms with Crippen LogP contribution in [-0.4, -0.2) is 53.4 Å². The van der Waals surface area contributed by atoms with Gasteiger partial charge >= 0.3 is 0 Å². The van der Waals surface area contributed by atoms with Gasteiger partial charge in [-0.15, -0.1) is 0 Å². The number of aliphatic hydroxyl groups is 1. The predicted molar refractivity (Wildman–Crippen MR) is 127 cm³/mol. The van der Waals surface area contributed by atoms with E-state index in [-0.39, 0.29) is 46.3 Å². The second-order valence-corrected chi connectivity index (χ2v) is 7.35. The van der Waals surface area contributed by atoms with Crippen LogP contribution in [0.15, 0.2) is 45.6 Å². The number of rotatable bonds is 10. The second kappa shape index (κ2) is 10.4. The maximum atomic E-state index is 13.5. The molecule has 1 aromatic heterocycles. The van der Waals surface area contributed by atoms with Crippen LogP contribution in [0.3, 0.4) is 0 Å². The summed E-state index contributed by atoms with van der Waals surface area (Å²) in [7, 11) is 7.25. The predicted octanol–water partition coefficient (Wildman–Crippen LogP) is 3.82. The fourth-order valence-corrected chi connectivity index (χ4v) is 3.40. The van der Waals surface area contributed by atoms with E-state index < -0.39 is 11.5 Å². The van der Waals surface area contributed by atoms with E-state index in [1.54, 1.807) is 25.1 Å². The first-order valence-electron chi connectivity index (χ1n) is 10.3. The molecule has 0 aliphatic carbocycles. The van der Waals surface area contributed by atoms with Gasteiger partial charge in [-0.05, 0) is 30.7 Å². The minimum Gasteiger partial charge on any atom is -0.496 e. The summed E-state index contributed by atoms with van der Waals surface area (Å²) in [4.78, 5) is 13.5. The summed E-state index contributed by atoms with van der Waals surface area (Å²) in [6.45, 7) is 5.32. The third-order valence-corrected chi connectivity index (χ3v) is 5.25. The summed E-state index contributed by atoms with van der Waals surface area (Å²) < 4.78 is 39.1. The highest BCUT2D eigenvalue weighted by molar-refractivity contribution is 5.93. The maximum absolute atomic E-state index is 13.5. The van der Waals surface area contributed by atoms with Crippen molar-refractivity contribution in [1.82, 2.24) is 0 Å². The molecule has 0 fully saturated rings. The summed E-state index contributed by atoms with van der Waals surface area (Å²) in [6.07, 6.45) is -0.892. The number of hydrogen-bond donors (Lipinski definition) is 1. The first kappa shape index (κ1) is 24.8. The molecule has 0 unspecified atom stereocenters. The Hall–Kier alpha value is -3.85. The molecule has 3 rings (SSSR count). The summed E-state index contributed by atoms with van der Waals surface area (Å²) in [5, 5.41) is 10.2. The number of benzene rings is 2. The van der Waals surface area contributed by atoms with Crippen LogP contribution in [-0.2, 0) is 0 Å². The van der Waals surface area contributed by atoms with Gasteiger partial charge in [0, 0.05) is 11.6 Å². The van der Waals surface area contributed by atoms with Crippen LogP contribution in [0.5, 0.6) is 34.5 Å². The SMILES string of the molecule is C=C(C)[C@@H](O)COc1cc(OC)c2c(=O)c(OC)c(-c3ccc(OC)c(OC)c3)oc2c1OC. The van der Waals surface area contributed by atoms with Gasteiger partial charge in [0.25, 0.3) is 0 Å². The molecule has 0 bridgehead atoms. The van der Waals surface area contributed by atoms with Gasteiger partial charge in [-0.3, -0.25) is 4.79 Å². The highest BCUT2D eigenvalue weighted by Gasteiger charge is 2.26. The lowest BCUT2D eigenvalue weighted by atomic mass is 10.1. The lowest BCUT2D eigenvalue weighted by Crippen LogP contribution is -2.18. The number of ether oxygens (including phenoxy) is 6. The summed E-state index contributed by atoms with van der Waals surface area (Å²) >= 11 is 0. The number of aliphatic hydroxyl groups excluding tert-OH is 1. The Labute approximate surface area is 197 Å². The van der Waals surface area contributed by atoms with Crippen molar-refractivity contribution in [2.24, 2.45) is 0 Å². The molecule has 0 radical (unpaired) electrons. The number of hydrogen-bond acceptors (Lipinski definition) is 9. The smallest absolute Gasteiger partial charge is 0.239 e. The Morgan fingerprint density at radius 1 is 0.912 bits per heavy atom. The van der Waals surface area contributed by atoms with Gasteiger partial charge in [-0.1, -0.05) is 6.58 Å². The van der Waals surface area contributed by atoms with Crippen LogP contribution in [0.4, 0.5) is 0 Å².